The standard InChI is InChI=1S/C11H17O4P/c1-11(2,3)10(12)16(13,14,15)9-7-5-4-6-8-9/h4-8,13-15H,1-3H3. The Bertz CT molecular complexity index is 397. The van der Waals surface area contributed by atoms with Gasteiger partial charge in [0.25, 0.3) is 0 Å². The van der Waals surface area contributed by atoms with E-state index in [4.69, 9.17) is 0 Å². The second-order valence-electron chi connectivity index (χ2n) is 4.87. The summed E-state index contributed by atoms with van der Waals surface area (Å²) in [5, 5.41) is -0.131. The fourth-order valence-electron chi connectivity index (χ4n) is 1.44. The van der Waals surface area contributed by atoms with Crippen molar-refractivity contribution in [2.45, 2.75) is 20.8 Å². The van der Waals surface area contributed by atoms with Gasteiger partial charge in [-0.1, -0.05) is 0 Å². The molecule has 0 amide bonds. The van der Waals surface area contributed by atoms with Crippen LogP contribution in [0.4, 0.5) is 0 Å². The predicted molar refractivity (Wildman–Crippen MR) is 64.1 cm³/mol. The molecule has 90 valence electrons. The van der Waals surface area contributed by atoms with Gasteiger partial charge in [-0.2, -0.15) is 0 Å². The van der Waals surface area contributed by atoms with Gasteiger partial charge in [-0.25, -0.2) is 0 Å². The zero-order valence-electron chi connectivity index (χ0n) is 9.58. The number of carbonyl (C=O) groups excluding carboxylic acids is 1. The first-order chi connectivity index (χ1) is 7.04. The summed E-state index contributed by atoms with van der Waals surface area (Å²) in [5.41, 5.74) is -1.96. The molecule has 16 heavy (non-hydrogen) atoms. The SMILES string of the molecule is CC(C)(C)C(=O)P(O)(O)(O)c1ccccc1. The van der Waals surface area contributed by atoms with Crippen molar-refractivity contribution in [1.82, 2.24) is 0 Å². The van der Waals surface area contributed by atoms with Crippen molar-refractivity contribution in [1.29, 1.82) is 0 Å². The van der Waals surface area contributed by atoms with E-state index in [0.29, 0.717) is 0 Å². The quantitative estimate of drug-likeness (QED) is 0.682. The Morgan fingerprint density at radius 3 is 1.88 bits per heavy atom. The second-order valence-corrected chi connectivity index (χ2v) is 7.75. The molecule has 1 aromatic carbocycles. The number of hydrogen-bond donors (Lipinski definition) is 3. The molecule has 0 aliphatic carbocycles. The van der Waals surface area contributed by atoms with Crippen molar-refractivity contribution in [3.05, 3.63) is 30.3 Å². The molecule has 0 fully saturated rings. The molecule has 0 atom stereocenters. The summed E-state index contributed by atoms with van der Waals surface area (Å²) in [6, 6.07) is 7.41. The molecule has 0 radical (unpaired) electrons. The fourth-order valence-corrected chi connectivity index (χ4v) is 3.63. The molecule has 5 heteroatoms. The molecular weight excluding hydrogens is 227 g/mol. The van der Waals surface area contributed by atoms with Crippen LogP contribution in [0.25, 0.3) is 0 Å². The van der Waals surface area contributed by atoms with E-state index in [1.165, 1.54) is 45.0 Å². The van der Waals surface area contributed by atoms with Crippen LogP contribution < -0.4 is 5.30 Å². The monoisotopic (exact) mass is 244 g/mol. The zero-order valence-corrected chi connectivity index (χ0v) is 10.5. The molecule has 1 rings (SSSR count). The minimum absolute atomic E-state index is 0.131. The molecule has 1 aromatic rings. The first-order valence-corrected chi connectivity index (χ1v) is 7.01. The Kier molecular flexibility index (Phi) is 2.99. The number of rotatable bonds is 2. The van der Waals surface area contributed by atoms with E-state index < -0.39 is 18.2 Å². The molecular formula is C11H17O4P. The molecule has 0 aromatic heterocycles. The van der Waals surface area contributed by atoms with E-state index >= 15 is 0 Å². The topological polar surface area (TPSA) is 77.8 Å². The van der Waals surface area contributed by atoms with E-state index in [9.17, 15) is 19.5 Å². The molecule has 0 bridgehead atoms. The molecule has 4 nitrogen and oxygen atoms in total. The third-order valence-electron chi connectivity index (χ3n) is 2.25. The van der Waals surface area contributed by atoms with Gasteiger partial charge in [0.1, 0.15) is 0 Å². The van der Waals surface area contributed by atoms with Gasteiger partial charge in [-0.3, -0.25) is 0 Å². The van der Waals surface area contributed by atoms with Gasteiger partial charge in [0.2, 0.25) is 0 Å². The summed E-state index contributed by atoms with van der Waals surface area (Å²) in [7, 11) is -5.44. The Hall–Kier alpha value is -0.800. The molecule has 0 aliphatic heterocycles. The zero-order chi connectivity index (χ0) is 12.6. The number of carbonyl (C=O) groups is 1. The van der Waals surface area contributed by atoms with Crippen molar-refractivity contribution in [2.24, 2.45) is 5.41 Å². The van der Waals surface area contributed by atoms with Crippen LogP contribution in [0.5, 0.6) is 0 Å². The first kappa shape index (κ1) is 13.3. The van der Waals surface area contributed by atoms with Gasteiger partial charge in [0.15, 0.2) is 0 Å². The molecule has 0 spiro atoms. The van der Waals surface area contributed by atoms with Gasteiger partial charge >= 0.3 is 94.1 Å². The fraction of sp³-hybridized carbons (Fsp3) is 0.364. The van der Waals surface area contributed by atoms with Gasteiger partial charge < -0.3 is 0 Å². The van der Waals surface area contributed by atoms with Crippen LogP contribution in [0, 0.1) is 5.41 Å². The van der Waals surface area contributed by atoms with Crippen LogP contribution in [0.1, 0.15) is 20.8 Å². The first-order valence-electron chi connectivity index (χ1n) is 4.91. The average molecular weight is 244 g/mol. The van der Waals surface area contributed by atoms with E-state index in [2.05, 4.69) is 0 Å². The van der Waals surface area contributed by atoms with Crippen molar-refractivity contribution in [3.8, 4) is 0 Å². The van der Waals surface area contributed by atoms with Crippen LogP contribution in [0.3, 0.4) is 0 Å². The van der Waals surface area contributed by atoms with Crippen molar-refractivity contribution in [3.63, 3.8) is 0 Å². The van der Waals surface area contributed by atoms with E-state index in [1.54, 1.807) is 6.07 Å². The Labute approximate surface area is 94.7 Å². The van der Waals surface area contributed by atoms with Gasteiger partial charge in [0, 0.05) is 0 Å². The van der Waals surface area contributed by atoms with Crippen LogP contribution in [0.2, 0.25) is 0 Å². The normalized spacial score (nSPS) is 15.2. The Balaban J connectivity index is 3.32. The Morgan fingerprint density at radius 2 is 1.50 bits per heavy atom. The van der Waals surface area contributed by atoms with E-state index in [1.807, 2.05) is 0 Å². The summed E-state index contributed by atoms with van der Waals surface area (Å²) in [6.45, 7) is 4.59. The third kappa shape index (κ3) is 2.30. The average Bonchev–Trinajstić information content (AvgIpc) is 2.16. The Morgan fingerprint density at radius 1 is 1.06 bits per heavy atom. The molecule has 0 saturated carbocycles. The van der Waals surface area contributed by atoms with Crippen LogP contribution in [-0.4, -0.2) is 20.2 Å². The van der Waals surface area contributed by atoms with E-state index in [0.717, 1.165) is 0 Å². The molecule has 0 saturated heterocycles. The maximum absolute atomic E-state index is 11.9. The summed E-state index contributed by atoms with van der Waals surface area (Å²) in [5.74, 6) is 0. The summed E-state index contributed by atoms with van der Waals surface area (Å²) >= 11 is 0. The van der Waals surface area contributed by atoms with Crippen LogP contribution in [0.15, 0.2) is 30.3 Å². The van der Waals surface area contributed by atoms with Gasteiger partial charge in [-0.15, -0.1) is 0 Å². The van der Waals surface area contributed by atoms with E-state index in [-0.39, 0.29) is 5.30 Å². The van der Waals surface area contributed by atoms with Crippen LogP contribution in [-0.2, 0) is 4.79 Å². The molecule has 0 heterocycles. The predicted octanol–water partition coefficient (Wildman–Crippen LogP) is 1.16. The van der Waals surface area contributed by atoms with Crippen LogP contribution >= 0.6 is 7.28 Å². The summed E-state index contributed by atoms with van der Waals surface area (Å²) in [4.78, 5) is 41.8. The maximum atomic E-state index is 11.9. The second kappa shape index (κ2) is 3.60. The molecule has 0 aliphatic rings. The van der Waals surface area contributed by atoms with Crippen molar-refractivity contribution in [2.75, 3.05) is 0 Å². The van der Waals surface area contributed by atoms with Gasteiger partial charge in [0.05, 0.1) is 0 Å². The molecule has 0 unspecified atom stereocenters. The van der Waals surface area contributed by atoms with Crippen molar-refractivity contribution >= 4 is 18.1 Å². The summed E-state index contributed by atoms with van der Waals surface area (Å²) < 4.78 is 0. The van der Waals surface area contributed by atoms with Crippen molar-refractivity contribution < 1.29 is 19.5 Å². The molecule has 3 N–H and O–H groups in total. The number of benzene rings is 1. The summed E-state index contributed by atoms with van der Waals surface area (Å²) in [6.07, 6.45) is 0. The minimum atomic E-state index is -5.44. The van der Waals surface area contributed by atoms with Gasteiger partial charge in [-0.05, 0) is 0 Å². The number of hydrogen-bond acceptors (Lipinski definition) is 4. The third-order valence-corrected chi connectivity index (χ3v) is 4.92.